The molecule has 22 heavy (non-hydrogen) atoms. The van der Waals surface area contributed by atoms with Crippen molar-refractivity contribution in [3.8, 4) is 0 Å². The molecule has 2 heterocycles. The van der Waals surface area contributed by atoms with Gasteiger partial charge in [0.15, 0.2) is 6.54 Å². The van der Waals surface area contributed by atoms with Crippen molar-refractivity contribution in [3.63, 3.8) is 0 Å². The summed E-state index contributed by atoms with van der Waals surface area (Å²) in [6.07, 6.45) is 5.41. The largest absolute Gasteiger partial charge is 0.350 e. The van der Waals surface area contributed by atoms with E-state index < -0.39 is 10.0 Å². The molecule has 0 atom stereocenters. The van der Waals surface area contributed by atoms with Crippen LogP contribution in [0.25, 0.3) is 0 Å². The van der Waals surface area contributed by atoms with Crippen LogP contribution in [0.3, 0.4) is 0 Å². The smallest absolute Gasteiger partial charge is 0.272 e. The maximum atomic E-state index is 12.4. The average Bonchev–Trinajstić information content (AvgIpc) is 3.14. The van der Waals surface area contributed by atoms with Gasteiger partial charge in [0.1, 0.15) is 11.1 Å². The number of hydrogen-bond donors (Lipinski definition) is 2. The van der Waals surface area contributed by atoms with Gasteiger partial charge in [0.2, 0.25) is 10.0 Å². The summed E-state index contributed by atoms with van der Waals surface area (Å²) >= 11 is 0. The Morgan fingerprint density at radius 2 is 2.00 bits per heavy atom. The van der Waals surface area contributed by atoms with E-state index in [4.69, 9.17) is 0 Å². The van der Waals surface area contributed by atoms with Crippen LogP contribution in [0.5, 0.6) is 0 Å². The van der Waals surface area contributed by atoms with Crippen molar-refractivity contribution in [3.05, 3.63) is 18.3 Å². The predicted molar refractivity (Wildman–Crippen MR) is 80.6 cm³/mol. The molecule has 1 aliphatic carbocycles. The molecule has 1 aliphatic heterocycles. The van der Waals surface area contributed by atoms with Gasteiger partial charge >= 0.3 is 0 Å². The van der Waals surface area contributed by atoms with E-state index >= 15 is 0 Å². The third kappa shape index (κ3) is 3.56. The zero-order chi connectivity index (χ0) is 15.6. The normalized spacial score (nSPS) is 19.1. The molecule has 1 aromatic rings. The van der Waals surface area contributed by atoms with E-state index in [9.17, 15) is 13.2 Å². The summed E-state index contributed by atoms with van der Waals surface area (Å²) < 4.78 is 26.2. The number of carbonyl (C=O) groups is 1. The predicted octanol–water partition coefficient (Wildman–Crippen LogP) is -0.0243. The van der Waals surface area contributed by atoms with Crippen molar-refractivity contribution >= 4 is 21.7 Å². The van der Waals surface area contributed by atoms with Crippen molar-refractivity contribution in [2.45, 2.75) is 36.6 Å². The van der Waals surface area contributed by atoms with Crippen molar-refractivity contribution in [1.29, 1.82) is 0 Å². The van der Waals surface area contributed by atoms with Gasteiger partial charge in [-0.1, -0.05) is 0 Å². The lowest BCUT2D eigenvalue weighted by atomic mass is 10.4. The highest BCUT2D eigenvalue weighted by Gasteiger charge is 2.28. The topological polar surface area (TPSA) is 92.7 Å². The highest BCUT2D eigenvalue weighted by atomic mass is 32.2. The fourth-order valence-corrected chi connectivity index (χ4v) is 3.93. The number of carbonyl (C=O) groups excluding carboxylic acids is 1. The second kappa shape index (κ2) is 6.21. The molecular formula is C14H21N4O3S+. The number of pyridine rings is 1. The van der Waals surface area contributed by atoms with Gasteiger partial charge < -0.3 is 5.32 Å². The van der Waals surface area contributed by atoms with Gasteiger partial charge in [0.05, 0.1) is 0 Å². The van der Waals surface area contributed by atoms with E-state index in [1.54, 1.807) is 12.1 Å². The summed E-state index contributed by atoms with van der Waals surface area (Å²) in [5.41, 5.74) is 0. The van der Waals surface area contributed by atoms with Gasteiger partial charge in [-0.15, -0.1) is 0 Å². The van der Waals surface area contributed by atoms with E-state index in [0.717, 1.165) is 25.7 Å². The van der Waals surface area contributed by atoms with Crippen LogP contribution in [0.15, 0.2) is 23.2 Å². The first-order valence-electron chi connectivity index (χ1n) is 7.61. The molecule has 1 amide bonds. The molecule has 3 rings (SSSR count). The highest BCUT2D eigenvalue weighted by Crippen LogP contribution is 2.20. The molecule has 0 unspecified atom stereocenters. The van der Waals surface area contributed by atoms with Crippen LogP contribution in [-0.4, -0.2) is 44.3 Å². The van der Waals surface area contributed by atoms with Gasteiger partial charge in [-0.05, 0) is 31.7 Å². The quantitative estimate of drug-likeness (QED) is 0.768. The molecule has 1 aromatic heterocycles. The van der Waals surface area contributed by atoms with Crippen LogP contribution >= 0.6 is 0 Å². The van der Waals surface area contributed by atoms with E-state index in [1.807, 2.05) is 0 Å². The standard InChI is InChI=1S/C14H20N4O3S/c19-14(17-11-3-4-11)10-16-13-6-5-12(9-15-13)22(20,21)18-7-1-2-8-18/h5-6,9,11H,1-4,7-8,10H2,(H,15,16)(H,17,19)/p+1. The number of H-pyrrole nitrogens is 1. The fourth-order valence-electron chi connectivity index (χ4n) is 2.44. The molecule has 3 N–H and O–H groups in total. The number of nitrogens with zero attached hydrogens (tertiary/aromatic N) is 1. The number of aromatic nitrogens is 1. The number of aromatic amines is 1. The number of anilines is 1. The molecule has 8 heteroatoms. The number of nitrogens with one attached hydrogen (secondary N) is 3. The maximum Gasteiger partial charge on any atom is 0.272 e. The molecule has 0 spiro atoms. The summed E-state index contributed by atoms with van der Waals surface area (Å²) in [7, 11) is -3.40. The molecule has 0 radical (unpaired) electrons. The van der Waals surface area contributed by atoms with Gasteiger partial charge in [-0.25, -0.2) is 13.4 Å². The Balaban J connectivity index is 1.58. The fraction of sp³-hybridized carbons (Fsp3) is 0.571. The molecule has 7 nitrogen and oxygen atoms in total. The third-order valence-corrected chi connectivity index (χ3v) is 5.76. The Morgan fingerprint density at radius 3 is 2.59 bits per heavy atom. The van der Waals surface area contributed by atoms with Crippen LogP contribution in [0.4, 0.5) is 5.82 Å². The first-order valence-corrected chi connectivity index (χ1v) is 9.05. The molecule has 1 saturated carbocycles. The summed E-state index contributed by atoms with van der Waals surface area (Å²) in [6.45, 7) is 1.35. The Kier molecular flexibility index (Phi) is 4.30. The lowest BCUT2D eigenvalue weighted by Crippen LogP contribution is -2.33. The lowest BCUT2D eigenvalue weighted by molar-refractivity contribution is -0.364. The van der Waals surface area contributed by atoms with Crippen molar-refractivity contribution in [1.82, 2.24) is 9.62 Å². The zero-order valence-corrected chi connectivity index (χ0v) is 13.2. The van der Waals surface area contributed by atoms with Crippen molar-refractivity contribution in [2.24, 2.45) is 0 Å². The third-order valence-electron chi connectivity index (χ3n) is 3.87. The highest BCUT2D eigenvalue weighted by molar-refractivity contribution is 7.89. The maximum absolute atomic E-state index is 12.4. The average molecular weight is 325 g/mol. The first-order chi connectivity index (χ1) is 10.6. The Bertz CT molecular complexity index is 635. The molecule has 2 fully saturated rings. The van der Waals surface area contributed by atoms with E-state index in [1.165, 1.54) is 10.5 Å². The molecule has 0 aromatic carbocycles. The van der Waals surface area contributed by atoms with Gasteiger partial charge in [-0.3, -0.25) is 10.1 Å². The summed E-state index contributed by atoms with van der Waals surface area (Å²) in [5, 5.41) is 5.83. The number of rotatable bonds is 6. The van der Waals surface area contributed by atoms with Gasteiger partial charge in [0, 0.05) is 25.2 Å². The van der Waals surface area contributed by atoms with Crippen LogP contribution in [0, 0.1) is 0 Å². The molecule has 120 valence electrons. The summed E-state index contributed by atoms with van der Waals surface area (Å²) in [6, 6.07) is 3.55. The monoisotopic (exact) mass is 325 g/mol. The summed E-state index contributed by atoms with van der Waals surface area (Å²) in [4.78, 5) is 14.7. The number of sulfonamides is 1. The first kappa shape index (κ1) is 15.2. The lowest BCUT2D eigenvalue weighted by Gasteiger charge is -2.14. The Hall–Kier alpha value is -1.67. The number of amides is 1. The van der Waals surface area contributed by atoms with E-state index in [0.29, 0.717) is 24.9 Å². The van der Waals surface area contributed by atoms with Gasteiger partial charge in [0.25, 0.3) is 11.7 Å². The van der Waals surface area contributed by atoms with Crippen LogP contribution in [-0.2, 0) is 14.8 Å². The van der Waals surface area contributed by atoms with Crippen LogP contribution in [0.1, 0.15) is 25.7 Å². The van der Waals surface area contributed by atoms with Crippen molar-refractivity contribution in [2.75, 3.05) is 25.0 Å². The second-order valence-electron chi connectivity index (χ2n) is 5.74. The van der Waals surface area contributed by atoms with Crippen molar-refractivity contribution < 1.29 is 18.2 Å². The molecular weight excluding hydrogens is 304 g/mol. The van der Waals surface area contributed by atoms with Crippen LogP contribution in [0.2, 0.25) is 0 Å². The SMILES string of the molecule is O=C(CNc1ccc(S(=O)(=O)N2CCCC2)c[nH+]1)NC1CC1. The van der Waals surface area contributed by atoms with E-state index in [2.05, 4.69) is 15.6 Å². The molecule has 0 bridgehead atoms. The molecule has 2 aliphatic rings. The minimum absolute atomic E-state index is 0.0512. The Labute approximate surface area is 130 Å². The minimum Gasteiger partial charge on any atom is -0.350 e. The Morgan fingerprint density at radius 1 is 1.27 bits per heavy atom. The minimum atomic E-state index is -3.40. The van der Waals surface area contributed by atoms with Crippen LogP contribution < -0.4 is 15.6 Å². The second-order valence-corrected chi connectivity index (χ2v) is 7.68. The summed E-state index contributed by atoms with van der Waals surface area (Å²) in [5.74, 6) is 0.566. The van der Waals surface area contributed by atoms with Gasteiger partial charge in [-0.2, -0.15) is 4.31 Å². The van der Waals surface area contributed by atoms with E-state index in [-0.39, 0.29) is 17.3 Å². The number of hydrogen-bond acceptors (Lipinski definition) is 4. The molecule has 1 saturated heterocycles. The zero-order valence-electron chi connectivity index (χ0n) is 12.3.